The van der Waals surface area contributed by atoms with Crippen LogP contribution in [0.5, 0.6) is 0 Å². The summed E-state index contributed by atoms with van der Waals surface area (Å²) < 4.78 is 2.47. The predicted molar refractivity (Wildman–Crippen MR) is 87.3 cm³/mol. The second-order valence-electron chi connectivity index (χ2n) is 6.49. The molecule has 1 fully saturated rings. The van der Waals surface area contributed by atoms with Crippen molar-refractivity contribution in [1.82, 2.24) is 9.55 Å². The van der Waals surface area contributed by atoms with Crippen LogP contribution in [0.25, 0.3) is 21.8 Å². The van der Waals surface area contributed by atoms with Gasteiger partial charge in [-0.05, 0) is 50.3 Å². The van der Waals surface area contributed by atoms with Gasteiger partial charge in [0.25, 0.3) is 0 Å². The van der Waals surface area contributed by atoms with E-state index in [2.05, 4.69) is 41.6 Å². The molecule has 0 unspecified atom stereocenters. The van der Waals surface area contributed by atoms with Crippen LogP contribution in [0, 0.1) is 12.8 Å². The van der Waals surface area contributed by atoms with Crippen LogP contribution in [0.2, 0.25) is 0 Å². The quantitative estimate of drug-likeness (QED) is 0.789. The van der Waals surface area contributed by atoms with Crippen molar-refractivity contribution in [1.29, 1.82) is 0 Å². The van der Waals surface area contributed by atoms with Gasteiger partial charge in [0, 0.05) is 35.8 Å². The van der Waals surface area contributed by atoms with Gasteiger partial charge in [-0.25, -0.2) is 0 Å². The first kappa shape index (κ1) is 12.8. The van der Waals surface area contributed by atoms with Crippen LogP contribution in [0.4, 0.5) is 0 Å². The van der Waals surface area contributed by atoms with E-state index in [1.165, 1.54) is 45.8 Å². The van der Waals surface area contributed by atoms with Gasteiger partial charge in [-0.15, -0.1) is 0 Å². The van der Waals surface area contributed by atoms with Crippen molar-refractivity contribution in [3.05, 3.63) is 41.7 Å². The Morgan fingerprint density at radius 1 is 1.33 bits per heavy atom. The zero-order valence-corrected chi connectivity index (χ0v) is 12.6. The molecular formula is C18H21N3. The second-order valence-corrected chi connectivity index (χ2v) is 6.49. The number of nitrogens with two attached hydrogens (primary N) is 1. The lowest BCUT2D eigenvalue weighted by Crippen LogP contribution is -2.09. The summed E-state index contributed by atoms with van der Waals surface area (Å²) in [6.07, 6.45) is 6.59. The van der Waals surface area contributed by atoms with E-state index in [-0.39, 0.29) is 6.04 Å². The Balaban J connectivity index is 2.13. The van der Waals surface area contributed by atoms with Crippen molar-refractivity contribution >= 4 is 21.8 Å². The van der Waals surface area contributed by atoms with E-state index in [9.17, 15) is 0 Å². The maximum Gasteiger partial charge on any atom is 0.0540 e. The lowest BCUT2D eigenvalue weighted by Gasteiger charge is -2.14. The van der Waals surface area contributed by atoms with Crippen LogP contribution in [0.3, 0.4) is 0 Å². The molecule has 0 bridgehead atoms. The van der Waals surface area contributed by atoms with Gasteiger partial charge in [0.15, 0.2) is 0 Å². The first-order chi connectivity index (χ1) is 10.1. The number of benzene rings is 1. The summed E-state index contributed by atoms with van der Waals surface area (Å²) >= 11 is 0. The molecule has 1 atom stereocenters. The molecule has 0 radical (unpaired) electrons. The fraction of sp³-hybridized carbons (Fsp3) is 0.389. The minimum absolute atomic E-state index is 0.0441. The topological polar surface area (TPSA) is 43.8 Å². The Morgan fingerprint density at radius 2 is 2.14 bits per heavy atom. The predicted octanol–water partition coefficient (Wildman–Crippen LogP) is 3.93. The molecule has 2 heterocycles. The summed E-state index contributed by atoms with van der Waals surface area (Å²) in [5.74, 6) is 0.833. The minimum Gasteiger partial charge on any atom is -0.340 e. The third-order valence-electron chi connectivity index (χ3n) is 4.56. The van der Waals surface area contributed by atoms with E-state index in [1.807, 2.05) is 12.4 Å². The molecule has 0 aliphatic heterocycles. The van der Waals surface area contributed by atoms with Gasteiger partial charge in [0.1, 0.15) is 0 Å². The maximum atomic E-state index is 6.26. The van der Waals surface area contributed by atoms with E-state index in [4.69, 9.17) is 5.73 Å². The second kappa shape index (κ2) is 4.57. The standard InChI is InChI=1S/C18H21N3/c1-11-7-14(12(2)19)18-15(8-11)16-9-20-6-5-17(16)21(18)10-13-3-4-13/h5-9,12-13H,3-4,10,19H2,1-2H3/t12-/m1/s1. The molecule has 3 nitrogen and oxygen atoms in total. The Kier molecular flexibility index (Phi) is 2.79. The summed E-state index contributed by atoms with van der Waals surface area (Å²) in [6, 6.07) is 6.69. The van der Waals surface area contributed by atoms with Crippen molar-refractivity contribution in [3.63, 3.8) is 0 Å². The molecule has 0 amide bonds. The molecule has 2 N–H and O–H groups in total. The molecule has 1 aromatic carbocycles. The SMILES string of the molecule is Cc1cc([C@@H](C)N)c2c(c1)c1cnccc1n2CC1CC1. The van der Waals surface area contributed by atoms with Crippen molar-refractivity contribution in [2.45, 2.75) is 39.3 Å². The highest BCUT2D eigenvalue weighted by Crippen LogP contribution is 2.38. The van der Waals surface area contributed by atoms with E-state index >= 15 is 0 Å². The first-order valence-corrected chi connectivity index (χ1v) is 7.77. The van der Waals surface area contributed by atoms with Gasteiger partial charge in [0.05, 0.1) is 11.0 Å². The van der Waals surface area contributed by atoms with Gasteiger partial charge in [-0.1, -0.05) is 11.6 Å². The molecular weight excluding hydrogens is 258 g/mol. The molecule has 108 valence electrons. The molecule has 1 aliphatic carbocycles. The zero-order valence-electron chi connectivity index (χ0n) is 12.6. The molecule has 1 aliphatic rings. The van der Waals surface area contributed by atoms with Crippen molar-refractivity contribution in [2.24, 2.45) is 11.7 Å². The largest absolute Gasteiger partial charge is 0.340 e. The number of aryl methyl sites for hydroxylation is 1. The van der Waals surface area contributed by atoms with Crippen molar-refractivity contribution in [3.8, 4) is 0 Å². The van der Waals surface area contributed by atoms with Gasteiger partial charge in [-0.3, -0.25) is 4.98 Å². The number of pyridine rings is 1. The molecule has 21 heavy (non-hydrogen) atoms. The van der Waals surface area contributed by atoms with E-state index in [1.54, 1.807) is 0 Å². The molecule has 3 aromatic rings. The Hall–Kier alpha value is -1.87. The van der Waals surface area contributed by atoms with Crippen LogP contribution in [-0.4, -0.2) is 9.55 Å². The molecule has 1 saturated carbocycles. The maximum absolute atomic E-state index is 6.26. The van der Waals surface area contributed by atoms with Crippen molar-refractivity contribution in [2.75, 3.05) is 0 Å². The van der Waals surface area contributed by atoms with Crippen molar-refractivity contribution < 1.29 is 0 Å². The fourth-order valence-corrected chi connectivity index (χ4v) is 3.36. The van der Waals surface area contributed by atoms with E-state index in [0.717, 1.165) is 12.5 Å². The molecule has 2 aromatic heterocycles. The van der Waals surface area contributed by atoms with Gasteiger partial charge in [-0.2, -0.15) is 0 Å². The van der Waals surface area contributed by atoms with Gasteiger partial charge < -0.3 is 10.3 Å². The van der Waals surface area contributed by atoms with E-state index in [0.29, 0.717) is 0 Å². The summed E-state index contributed by atoms with van der Waals surface area (Å²) in [6.45, 7) is 5.32. The van der Waals surface area contributed by atoms with Gasteiger partial charge in [0.2, 0.25) is 0 Å². The summed E-state index contributed by atoms with van der Waals surface area (Å²) in [5.41, 5.74) is 11.4. The number of hydrogen-bond acceptors (Lipinski definition) is 2. The highest BCUT2D eigenvalue weighted by Gasteiger charge is 2.25. The smallest absolute Gasteiger partial charge is 0.0540 e. The van der Waals surface area contributed by atoms with Crippen LogP contribution in [0.15, 0.2) is 30.6 Å². The minimum atomic E-state index is 0.0441. The lowest BCUT2D eigenvalue weighted by atomic mass is 10.0. The first-order valence-electron chi connectivity index (χ1n) is 7.77. The Morgan fingerprint density at radius 3 is 2.86 bits per heavy atom. The Bertz CT molecular complexity index is 825. The Labute approximate surface area is 124 Å². The lowest BCUT2D eigenvalue weighted by molar-refractivity contribution is 0.659. The molecule has 0 saturated heterocycles. The zero-order chi connectivity index (χ0) is 14.6. The van der Waals surface area contributed by atoms with Gasteiger partial charge >= 0.3 is 0 Å². The summed E-state index contributed by atoms with van der Waals surface area (Å²) in [7, 11) is 0. The van der Waals surface area contributed by atoms with Crippen LogP contribution < -0.4 is 5.73 Å². The fourth-order valence-electron chi connectivity index (χ4n) is 3.36. The van der Waals surface area contributed by atoms with Crippen LogP contribution >= 0.6 is 0 Å². The average Bonchev–Trinajstić information content (AvgIpc) is 3.23. The number of nitrogens with zero attached hydrogens (tertiary/aromatic N) is 2. The molecule has 0 spiro atoms. The monoisotopic (exact) mass is 279 g/mol. The summed E-state index contributed by atoms with van der Waals surface area (Å²) in [4.78, 5) is 4.33. The highest BCUT2D eigenvalue weighted by atomic mass is 15.0. The van der Waals surface area contributed by atoms with E-state index < -0.39 is 0 Å². The summed E-state index contributed by atoms with van der Waals surface area (Å²) in [5, 5.41) is 2.55. The van der Waals surface area contributed by atoms with Crippen LogP contribution in [0.1, 0.15) is 36.9 Å². The molecule has 4 rings (SSSR count). The highest BCUT2D eigenvalue weighted by molar-refractivity contribution is 6.09. The third kappa shape index (κ3) is 2.04. The van der Waals surface area contributed by atoms with Crippen LogP contribution in [-0.2, 0) is 6.54 Å². The number of aromatic nitrogens is 2. The average molecular weight is 279 g/mol. The normalized spacial score (nSPS) is 16.7. The third-order valence-corrected chi connectivity index (χ3v) is 4.56. The molecule has 3 heteroatoms. The number of rotatable bonds is 3. The number of fused-ring (bicyclic) bond motifs is 3. The number of hydrogen-bond donors (Lipinski definition) is 1.